The molecule has 0 unspecified atom stereocenters. The molecule has 0 radical (unpaired) electrons. The molecule has 0 amide bonds. The standard InChI is InChI=1S/C19H18FN5O3/c20-18-14-4-2-11(22-14)8-16(18)28-17-6-5-13(23-24-17)12-3-1-10(7-15(12)26)19-25-21-9-27-19/h1,3,5-7,9,11,14,16,18,22,26H,2,4,8H2/t11-,14+,16-,18+/m1/s1. The number of fused-ring (bicyclic) bond motifs is 2. The van der Waals surface area contributed by atoms with E-state index in [1.165, 1.54) is 12.5 Å². The number of phenolic OH excluding ortho intramolecular Hbond substituents is 1. The van der Waals surface area contributed by atoms with Gasteiger partial charge in [-0.3, -0.25) is 0 Å². The first-order valence-corrected chi connectivity index (χ1v) is 9.18. The average Bonchev–Trinajstić information content (AvgIpc) is 3.37. The predicted molar refractivity (Wildman–Crippen MR) is 96.3 cm³/mol. The number of nitrogens with one attached hydrogen (secondary N) is 1. The Bertz CT molecular complexity index is 966. The number of aromatic hydroxyl groups is 1. The van der Waals surface area contributed by atoms with Crippen LogP contribution in [-0.2, 0) is 0 Å². The molecular formula is C19H18FN5O3. The average molecular weight is 383 g/mol. The monoisotopic (exact) mass is 383 g/mol. The van der Waals surface area contributed by atoms with Crippen LogP contribution in [0.1, 0.15) is 19.3 Å². The second kappa shape index (κ2) is 6.83. The van der Waals surface area contributed by atoms with Gasteiger partial charge in [-0.25, -0.2) is 4.39 Å². The van der Waals surface area contributed by atoms with Crippen LogP contribution in [0.4, 0.5) is 4.39 Å². The van der Waals surface area contributed by atoms with Crippen molar-refractivity contribution in [2.75, 3.05) is 0 Å². The van der Waals surface area contributed by atoms with Gasteiger partial charge in [0, 0.05) is 35.7 Å². The summed E-state index contributed by atoms with van der Waals surface area (Å²) < 4.78 is 25.4. The first-order valence-electron chi connectivity index (χ1n) is 9.18. The fourth-order valence-corrected chi connectivity index (χ4v) is 3.93. The van der Waals surface area contributed by atoms with E-state index < -0.39 is 12.3 Å². The van der Waals surface area contributed by atoms with Crippen LogP contribution < -0.4 is 10.1 Å². The highest BCUT2D eigenvalue weighted by atomic mass is 19.1. The lowest BCUT2D eigenvalue weighted by Gasteiger charge is -2.32. The van der Waals surface area contributed by atoms with Gasteiger partial charge in [-0.05, 0) is 37.1 Å². The number of hydrogen-bond acceptors (Lipinski definition) is 8. The van der Waals surface area contributed by atoms with Crippen LogP contribution >= 0.6 is 0 Å². The number of aromatic nitrogens is 4. The van der Waals surface area contributed by atoms with Gasteiger partial charge in [0.15, 0.2) is 6.17 Å². The smallest absolute Gasteiger partial charge is 0.247 e. The molecule has 0 aliphatic carbocycles. The number of alkyl halides is 1. The molecule has 28 heavy (non-hydrogen) atoms. The SMILES string of the molecule is Oc1cc(-c2nnco2)ccc1-c1ccc(O[C@@H]2C[C@H]3CC[C@H](N3)[C@@H]2F)nn1. The summed E-state index contributed by atoms with van der Waals surface area (Å²) in [6.45, 7) is 0. The number of ether oxygens (including phenoxy) is 1. The van der Waals surface area contributed by atoms with Gasteiger partial charge < -0.3 is 19.6 Å². The molecule has 144 valence electrons. The lowest BCUT2D eigenvalue weighted by molar-refractivity contribution is 0.0422. The molecule has 2 bridgehead atoms. The summed E-state index contributed by atoms with van der Waals surface area (Å²) in [5.74, 6) is 0.602. The maximum atomic E-state index is 14.5. The van der Waals surface area contributed by atoms with Gasteiger partial charge in [0.05, 0.1) is 5.69 Å². The fraction of sp³-hybridized carbons (Fsp3) is 0.368. The molecule has 1 aromatic carbocycles. The topological polar surface area (TPSA) is 106 Å². The van der Waals surface area contributed by atoms with E-state index in [0.29, 0.717) is 35.2 Å². The third kappa shape index (κ3) is 3.07. The van der Waals surface area contributed by atoms with Crippen molar-refractivity contribution in [2.24, 2.45) is 0 Å². The molecular weight excluding hydrogens is 365 g/mol. The van der Waals surface area contributed by atoms with Gasteiger partial charge in [0.25, 0.3) is 0 Å². The molecule has 4 heterocycles. The molecule has 5 rings (SSSR count). The minimum Gasteiger partial charge on any atom is -0.507 e. The van der Waals surface area contributed by atoms with E-state index >= 15 is 0 Å². The summed E-state index contributed by atoms with van der Waals surface area (Å²) in [5, 5.41) is 29.2. The number of benzene rings is 1. The van der Waals surface area contributed by atoms with Crippen molar-refractivity contribution >= 4 is 0 Å². The normalized spacial score (nSPS) is 26.3. The minimum atomic E-state index is -1.05. The zero-order chi connectivity index (χ0) is 19.1. The van der Waals surface area contributed by atoms with Crippen molar-refractivity contribution in [1.29, 1.82) is 0 Å². The molecule has 2 aliphatic rings. The van der Waals surface area contributed by atoms with Crippen LogP contribution in [0.2, 0.25) is 0 Å². The van der Waals surface area contributed by atoms with E-state index in [1.807, 2.05) is 0 Å². The van der Waals surface area contributed by atoms with Gasteiger partial charge in [0.2, 0.25) is 18.2 Å². The predicted octanol–water partition coefficient (Wildman–Crippen LogP) is 2.51. The number of nitrogens with zero attached hydrogens (tertiary/aromatic N) is 4. The van der Waals surface area contributed by atoms with E-state index in [2.05, 4.69) is 25.7 Å². The van der Waals surface area contributed by atoms with E-state index in [1.54, 1.807) is 24.3 Å². The number of phenols is 1. The first kappa shape index (κ1) is 17.1. The Kier molecular flexibility index (Phi) is 4.16. The molecule has 0 saturated carbocycles. The van der Waals surface area contributed by atoms with Crippen molar-refractivity contribution in [1.82, 2.24) is 25.7 Å². The molecule has 2 fully saturated rings. The molecule has 2 N–H and O–H groups in total. The molecule has 2 aliphatic heterocycles. The van der Waals surface area contributed by atoms with E-state index in [-0.39, 0.29) is 17.7 Å². The van der Waals surface area contributed by atoms with E-state index in [4.69, 9.17) is 9.15 Å². The quantitative estimate of drug-likeness (QED) is 0.708. The van der Waals surface area contributed by atoms with Gasteiger partial charge >= 0.3 is 0 Å². The van der Waals surface area contributed by atoms with Crippen molar-refractivity contribution in [3.05, 3.63) is 36.7 Å². The van der Waals surface area contributed by atoms with E-state index in [9.17, 15) is 9.50 Å². The molecule has 9 heteroatoms. The van der Waals surface area contributed by atoms with Gasteiger partial charge in [-0.1, -0.05) is 0 Å². The van der Waals surface area contributed by atoms with Crippen LogP contribution in [-0.4, -0.2) is 49.9 Å². The Morgan fingerprint density at radius 1 is 1.14 bits per heavy atom. The largest absolute Gasteiger partial charge is 0.507 e. The molecule has 8 nitrogen and oxygen atoms in total. The second-order valence-electron chi connectivity index (χ2n) is 7.12. The van der Waals surface area contributed by atoms with Gasteiger partial charge in [0.1, 0.15) is 11.9 Å². The summed E-state index contributed by atoms with van der Waals surface area (Å²) in [7, 11) is 0. The van der Waals surface area contributed by atoms with Gasteiger partial charge in [-0.15, -0.1) is 20.4 Å². The first-order chi connectivity index (χ1) is 13.7. The lowest BCUT2D eigenvalue weighted by atomic mass is 10.0. The molecule has 4 atom stereocenters. The summed E-state index contributed by atoms with van der Waals surface area (Å²) in [5.41, 5.74) is 1.58. The molecule has 2 aromatic heterocycles. The van der Waals surface area contributed by atoms with Crippen LogP contribution in [0, 0.1) is 0 Å². The van der Waals surface area contributed by atoms with Crippen molar-refractivity contribution in [3.8, 4) is 34.3 Å². The third-order valence-corrected chi connectivity index (χ3v) is 5.33. The highest BCUT2D eigenvalue weighted by Crippen LogP contribution is 2.33. The number of rotatable bonds is 4. The Morgan fingerprint density at radius 3 is 2.82 bits per heavy atom. The molecule has 2 saturated heterocycles. The number of piperidine rings is 1. The highest BCUT2D eigenvalue weighted by Gasteiger charge is 2.43. The number of halogens is 1. The van der Waals surface area contributed by atoms with Crippen LogP contribution in [0.3, 0.4) is 0 Å². The lowest BCUT2D eigenvalue weighted by Crippen LogP contribution is -2.51. The second-order valence-corrected chi connectivity index (χ2v) is 7.12. The summed E-state index contributed by atoms with van der Waals surface area (Å²) >= 11 is 0. The Balaban J connectivity index is 1.32. The zero-order valence-corrected chi connectivity index (χ0v) is 14.8. The Morgan fingerprint density at radius 2 is 2.07 bits per heavy atom. The minimum absolute atomic E-state index is 0.0115. The Labute approximate surface area is 159 Å². The van der Waals surface area contributed by atoms with Crippen molar-refractivity contribution in [3.63, 3.8) is 0 Å². The third-order valence-electron chi connectivity index (χ3n) is 5.33. The summed E-state index contributed by atoms with van der Waals surface area (Å²) in [6, 6.07) is 8.47. The van der Waals surface area contributed by atoms with Crippen molar-refractivity contribution in [2.45, 2.75) is 43.6 Å². The van der Waals surface area contributed by atoms with Crippen molar-refractivity contribution < 1.29 is 18.7 Å². The van der Waals surface area contributed by atoms with Crippen LogP contribution in [0.5, 0.6) is 11.6 Å². The highest BCUT2D eigenvalue weighted by molar-refractivity contribution is 5.71. The summed E-state index contributed by atoms with van der Waals surface area (Å²) in [4.78, 5) is 0. The molecule has 0 spiro atoms. The fourth-order valence-electron chi connectivity index (χ4n) is 3.93. The maximum absolute atomic E-state index is 14.5. The summed E-state index contributed by atoms with van der Waals surface area (Å²) in [6.07, 6.45) is 2.10. The molecule has 3 aromatic rings. The number of hydrogen-bond donors (Lipinski definition) is 2. The van der Waals surface area contributed by atoms with Gasteiger partial charge in [-0.2, -0.15) is 0 Å². The maximum Gasteiger partial charge on any atom is 0.247 e. The van der Waals surface area contributed by atoms with E-state index in [0.717, 1.165) is 12.8 Å². The zero-order valence-electron chi connectivity index (χ0n) is 14.8. The van der Waals surface area contributed by atoms with Crippen LogP contribution in [0.15, 0.2) is 41.1 Å². The van der Waals surface area contributed by atoms with Crippen LogP contribution in [0.25, 0.3) is 22.7 Å². The Hall–Kier alpha value is -3.07.